The summed E-state index contributed by atoms with van der Waals surface area (Å²) in [4.78, 5) is 21.2. The zero-order valence-electron chi connectivity index (χ0n) is 15.5. The second-order valence-electron chi connectivity index (χ2n) is 7.40. The fraction of sp³-hybridized carbons (Fsp3) is 0.381. The van der Waals surface area contributed by atoms with E-state index in [0.717, 1.165) is 25.7 Å². The normalized spacial score (nSPS) is 16.2. The van der Waals surface area contributed by atoms with Gasteiger partial charge >= 0.3 is 0 Å². The molecule has 1 aromatic carbocycles. The number of aromatic nitrogens is 3. The fourth-order valence-corrected chi connectivity index (χ4v) is 4.10. The Bertz CT molecular complexity index is 967. The van der Waals surface area contributed by atoms with Crippen LogP contribution in [0.5, 0.6) is 5.88 Å². The third-order valence-electron chi connectivity index (χ3n) is 5.54. The highest BCUT2D eigenvalue weighted by atomic mass is 19.1. The van der Waals surface area contributed by atoms with Crippen LogP contribution < -0.4 is 5.32 Å². The molecule has 0 aliphatic heterocycles. The molecular formula is C21H23FN4O2. The van der Waals surface area contributed by atoms with Crippen LogP contribution in [0.3, 0.4) is 0 Å². The van der Waals surface area contributed by atoms with Crippen molar-refractivity contribution in [1.29, 1.82) is 0 Å². The second-order valence-corrected chi connectivity index (χ2v) is 7.40. The summed E-state index contributed by atoms with van der Waals surface area (Å²) in [7, 11) is 0. The van der Waals surface area contributed by atoms with Gasteiger partial charge in [0.15, 0.2) is 11.7 Å². The van der Waals surface area contributed by atoms with Gasteiger partial charge in [-0.15, -0.1) is 0 Å². The largest absolute Gasteiger partial charge is 0.494 e. The lowest BCUT2D eigenvalue weighted by molar-refractivity contribution is -0.120. The summed E-state index contributed by atoms with van der Waals surface area (Å²) in [6.07, 6.45) is 12.3. The highest BCUT2D eigenvalue weighted by Gasteiger charge is 2.29. The third kappa shape index (κ3) is 3.69. The summed E-state index contributed by atoms with van der Waals surface area (Å²) in [6.45, 7) is 0. The number of hydrogen-bond donors (Lipinski definition) is 2. The van der Waals surface area contributed by atoms with Gasteiger partial charge in [0.05, 0.1) is 6.20 Å². The van der Waals surface area contributed by atoms with Crippen LogP contribution in [-0.4, -0.2) is 25.5 Å². The van der Waals surface area contributed by atoms with Crippen LogP contribution in [-0.2, 0) is 4.79 Å². The Morgan fingerprint density at radius 1 is 1.25 bits per heavy atom. The number of amides is 1. The van der Waals surface area contributed by atoms with Crippen molar-refractivity contribution in [1.82, 2.24) is 14.5 Å². The lowest BCUT2D eigenvalue weighted by Crippen LogP contribution is -2.28. The second kappa shape index (κ2) is 7.96. The van der Waals surface area contributed by atoms with Crippen LogP contribution >= 0.6 is 0 Å². The molecule has 1 aliphatic rings. The minimum atomic E-state index is -0.656. The van der Waals surface area contributed by atoms with E-state index in [0.29, 0.717) is 28.9 Å². The molecule has 4 rings (SSSR count). The molecule has 0 radical (unpaired) electrons. The molecule has 1 saturated carbocycles. The Morgan fingerprint density at radius 3 is 2.79 bits per heavy atom. The van der Waals surface area contributed by atoms with Gasteiger partial charge in [0.25, 0.3) is 0 Å². The highest BCUT2D eigenvalue weighted by molar-refractivity contribution is 5.95. The molecule has 2 heterocycles. The van der Waals surface area contributed by atoms with Gasteiger partial charge in [-0.05, 0) is 24.5 Å². The van der Waals surface area contributed by atoms with E-state index in [9.17, 15) is 14.3 Å². The number of carbonyl (C=O) groups is 1. The monoisotopic (exact) mass is 382 g/mol. The molecule has 1 amide bonds. The zero-order chi connectivity index (χ0) is 19.5. The Balaban J connectivity index is 1.69. The molecule has 146 valence electrons. The number of rotatable bonds is 5. The van der Waals surface area contributed by atoms with Gasteiger partial charge < -0.3 is 15.0 Å². The van der Waals surface area contributed by atoms with Crippen molar-refractivity contribution < 1.29 is 14.3 Å². The molecule has 0 saturated heterocycles. The van der Waals surface area contributed by atoms with Crippen LogP contribution in [0.15, 0.2) is 43.0 Å². The van der Waals surface area contributed by atoms with Crippen molar-refractivity contribution in [3.05, 3.63) is 48.8 Å². The summed E-state index contributed by atoms with van der Waals surface area (Å²) in [5.41, 5.74) is 0. The molecule has 0 bridgehead atoms. The number of benzene rings is 1. The molecule has 0 spiro atoms. The minimum Gasteiger partial charge on any atom is -0.494 e. The van der Waals surface area contributed by atoms with Crippen LogP contribution in [0.25, 0.3) is 10.8 Å². The van der Waals surface area contributed by atoms with Gasteiger partial charge in [-0.1, -0.05) is 38.2 Å². The van der Waals surface area contributed by atoms with E-state index in [-0.39, 0.29) is 11.8 Å². The molecule has 3 aromatic rings. The van der Waals surface area contributed by atoms with E-state index >= 15 is 0 Å². The summed E-state index contributed by atoms with van der Waals surface area (Å²) < 4.78 is 15.7. The molecule has 7 heteroatoms. The van der Waals surface area contributed by atoms with Crippen LogP contribution in [0, 0.1) is 11.7 Å². The molecule has 1 aliphatic carbocycles. The highest BCUT2D eigenvalue weighted by Crippen LogP contribution is 2.37. The molecule has 0 unspecified atom stereocenters. The van der Waals surface area contributed by atoms with Crippen LogP contribution in [0.4, 0.5) is 10.2 Å². The first-order chi connectivity index (χ1) is 13.6. The van der Waals surface area contributed by atoms with Crippen LogP contribution in [0.2, 0.25) is 0 Å². The predicted molar refractivity (Wildman–Crippen MR) is 104 cm³/mol. The van der Waals surface area contributed by atoms with E-state index in [1.807, 2.05) is 0 Å². The number of anilines is 1. The topological polar surface area (TPSA) is 80.0 Å². The van der Waals surface area contributed by atoms with Gasteiger partial charge in [-0.3, -0.25) is 9.78 Å². The van der Waals surface area contributed by atoms with Crippen molar-refractivity contribution in [2.45, 2.75) is 44.6 Å². The summed E-state index contributed by atoms with van der Waals surface area (Å²) in [5.74, 6) is -0.0614. The lowest BCUT2D eigenvalue weighted by atomic mass is 9.84. The number of nitrogens with one attached hydrogen (secondary N) is 1. The van der Waals surface area contributed by atoms with E-state index in [1.165, 1.54) is 41.8 Å². The van der Waals surface area contributed by atoms with Gasteiger partial charge in [0.1, 0.15) is 11.9 Å². The first kappa shape index (κ1) is 18.4. The molecule has 28 heavy (non-hydrogen) atoms. The Kier molecular flexibility index (Phi) is 5.23. The third-order valence-corrected chi connectivity index (χ3v) is 5.54. The average Bonchev–Trinajstić information content (AvgIpc) is 3.05. The number of aromatic hydroxyl groups is 1. The van der Waals surface area contributed by atoms with Gasteiger partial charge in [-0.2, -0.15) is 0 Å². The maximum absolute atomic E-state index is 14.2. The molecule has 6 nitrogen and oxygen atoms in total. The number of fused-ring (bicyclic) bond motifs is 1. The number of halogens is 1. The first-order valence-corrected chi connectivity index (χ1v) is 9.68. The first-order valence-electron chi connectivity index (χ1n) is 9.68. The van der Waals surface area contributed by atoms with E-state index in [1.54, 1.807) is 12.1 Å². The molecule has 2 aromatic heterocycles. The number of nitrogens with zero attached hydrogens (tertiary/aromatic N) is 3. The van der Waals surface area contributed by atoms with E-state index < -0.39 is 11.9 Å². The SMILES string of the molecule is O=C(Nc1cnccn1)[C@H](CC1CCCCC1)n1cc2c(F)cccc2c1O. The van der Waals surface area contributed by atoms with E-state index in [2.05, 4.69) is 15.3 Å². The quantitative estimate of drug-likeness (QED) is 0.684. The van der Waals surface area contributed by atoms with Gasteiger partial charge in [0.2, 0.25) is 5.91 Å². The molecular weight excluding hydrogens is 359 g/mol. The van der Waals surface area contributed by atoms with E-state index in [4.69, 9.17) is 0 Å². The van der Waals surface area contributed by atoms with Crippen molar-refractivity contribution in [2.24, 2.45) is 5.92 Å². The summed E-state index contributed by atoms with van der Waals surface area (Å²) in [6, 6.07) is 3.90. The van der Waals surface area contributed by atoms with Gasteiger partial charge in [-0.25, -0.2) is 9.37 Å². The fourth-order valence-electron chi connectivity index (χ4n) is 4.10. The Labute approximate surface area is 162 Å². The number of hydrogen-bond acceptors (Lipinski definition) is 4. The predicted octanol–water partition coefficient (Wildman–Crippen LogP) is 4.43. The van der Waals surface area contributed by atoms with Crippen LogP contribution in [0.1, 0.15) is 44.6 Å². The zero-order valence-corrected chi connectivity index (χ0v) is 15.5. The summed E-state index contributed by atoms with van der Waals surface area (Å²) >= 11 is 0. The maximum atomic E-state index is 14.2. The molecule has 2 N–H and O–H groups in total. The smallest absolute Gasteiger partial charge is 0.248 e. The molecule has 1 fully saturated rings. The summed E-state index contributed by atoms with van der Waals surface area (Å²) in [5, 5.41) is 14.2. The molecule has 1 atom stereocenters. The Morgan fingerprint density at radius 2 is 2.07 bits per heavy atom. The maximum Gasteiger partial charge on any atom is 0.248 e. The number of carbonyl (C=O) groups excluding carboxylic acids is 1. The minimum absolute atomic E-state index is 0.0930. The lowest BCUT2D eigenvalue weighted by Gasteiger charge is -2.27. The van der Waals surface area contributed by atoms with Gasteiger partial charge in [0, 0.05) is 29.4 Å². The van der Waals surface area contributed by atoms with Crippen molar-refractivity contribution in [2.75, 3.05) is 5.32 Å². The average molecular weight is 382 g/mol. The van der Waals surface area contributed by atoms with Crippen molar-refractivity contribution in [3.63, 3.8) is 0 Å². The van der Waals surface area contributed by atoms with Crippen molar-refractivity contribution >= 4 is 22.5 Å². The Hall–Kier alpha value is -2.96. The van der Waals surface area contributed by atoms with Crippen molar-refractivity contribution in [3.8, 4) is 5.88 Å². The standard InChI is InChI=1S/C21H23FN4O2/c22-17-8-4-7-15-16(17)13-26(21(15)28)18(11-14-5-2-1-3-6-14)20(27)25-19-12-23-9-10-24-19/h4,7-10,12-14,18,28H,1-3,5-6,11H2,(H,24,25,27)/t18-/m0/s1.